The number of unbranched alkanes of at least 4 members (excludes halogenated alkanes) is 1. The van der Waals surface area contributed by atoms with Crippen molar-refractivity contribution in [3.8, 4) is 17.2 Å². The zero-order valence-electron chi connectivity index (χ0n) is 19.8. The second-order valence-corrected chi connectivity index (χ2v) is 10.3. The van der Waals surface area contributed by atoms with Crippen LogP contribution in [0.1, 0.15) is 51.2 Å². The van der Waals surface area contributed by atoms with Crippen LogP contribution in [0.4, 0.5) is 5.95 Å². The highest BCUT2D eigenvalue weighted by Gasteiger charge is 2.32. The summed E-state index contributed by atoms with van der Waals surface area (Å²) in [5.74, 6) is 1.49. The van der Waals surface area contributed by atoms with Crippen LogP contribution in [0.2, 0.25) is 5.02 Å². The van der Waals surface area contributed by atoms with Crippen LogP contribution in [-0.2, 0) is 16.4 Å². The fraction of sp³-hybridized carbons (Fsp3) is 0.455. The maximum absolute atomic E-state index is 13.4. The second kappa shape index (κ2) is 11.0. The lowest BCUT2D eigenvalue weighted by Crippen LogP contribution is -2.31. The van der Waals surface area contributed by atoms with Gasteiger partial charge in [0.15, 0.2) is 0 Å². The van der Waals surface area contributed by atoms with E-state index in [2.05, 4.69) is 31.8 Å². The predicted octanol–water partition coefficient (Wildman–Crippen LogP) is 4.00. The molecule has 0 saturated carbocycles. The SMILES string of the molecule is CCCCc1nnc(NS(=O)(=O)C(C)C(C)c2ncc(Cl)cn2)n1-c1c(OC)cccc1OC. The number of halogens is 1. The number of aryl methyl sites for hydroxylation is 1. The third-order valence-corrected chi connectivity index (χ3v) is 7.63. The van der Waals surface area contributed by atoms with Crippen molar-refractivity contribution in [2.75, 3.05) is 18.9 Å². The van der Waals surface area contributed by atoms with Gasteiger partial charge in [-0.3, -0.25) is 9.29 Å². The van der Waals surface area contributed by atoms with Gasteiger partial charge < -0.3 is 9.47 Å². The predicted molar refractivity (Wildman–Crippen MR) is 131 cm³/mol. The molecule has 0 aliphatic heterocycles. The van der Waals surface area contributed by atoms with Crippen molar-refractivity contribution in [2.45, 2.75) is 51.2 Å². The van der Waals surface area contributed by atoms with Gasteiger partial charge in [-0.15, -0.1) is 10.2 Å². The average Bonchev–Trinajstić information content (AvgIpc) is 3.22. The van der Waals surface area contributed by atoms with Crippen molar-refractivity contribution in [3.63, 3.8) is 0 Å². The van der Waals surface area contributed by atoms with Crippen molar-refractivity contribution in [1.82, 2.24) is 24.7 Å². The minimum absolute atomic E-state index is 0.0463. The Labute approximate surface area is 204 Å². The number of nitrogens with zero attached hydrogens (tertiary/aromatic N) is 5. The van der Waals surface area contributed by atoms with Gasteiger partial charge >= 0.3 is 0 Å². The number of hydrogen-bond acceptors (Lipinski definition) is 8. The smallest absolute Gasteiger partial charge is 0.243 e. The van der Waals surface area contributed by atoms with E-state index in [4.69, 9.17) is 21.1 Å². The third kappa shape index (κ3) is 5.41. The first-order chi connectivity index (χ1) is 16.2. The summed E-state index contributed by atoms with van der Waals surface area (Å²) >= 11 is 5.86. The van der Waals surface area contributed by atoms with Crippen LogP contribution in [0.5, 0.6) is 11.5 Å². The number of para-hydroxylation sites is 1. The summed E-state index contributed by atoms with van der Waals surface area (Å²) in [5.41, 5.74) is 0.517. The molecule has 1 N–H and O–H groups in total. The van der Waals surface area contributed by atoms with Gasteiger partial charge in [-0.05, 0) is 25.5 Å². The molecule has 0 saturated heterocycles. The van der Waals surface area contributed by atoms with Gasteiger partial charge in [0.25, 0.3) is 0 Å². The molecule has 12 heteroatoms. The van der Waals surface area contributed by atoms with E-state index in [0.717, 1.165) is 12.8 Å². The Morgan fingerprint density at radius 3 is 2.26 bits per heavy atom. The van der Waals surface area contributed by atoms with Gasteiger partial charge in [0, 0.05) is 24.7 Å². The number of benzene rings is 1. The number of ether oxygens (including phenoxy) is 2. The first-order valence-corrected chi connectivity index (χ1v) is 12.8. The highest BCUT2D eigenvalue weighted by molar-refractivity contribution is 7.93. The van der Waals surface area contributed by atoms with Crippen LogP contribution in [0.15, 0.2) is 30.6 Å². The molecule has 0 spiro atoms. The number of methoxy groups -OCH3 is 2. The van der Waals surface area contributed by atoms with Crippen molar-refractivity contribution in [3.05, 3.63) is 47.3 Å². The van der Waals surface area contributed by atoms with Crippen LogP contribution in [-0.4, -0.2) is 52.6 Å². The van der Waals surface area contributed by atoms with Crippen LogP contribution in [0.25, 0.3) is 5.69 Å². The Hall–Kier alpha value is -2.92. The lowest BCUT2D eigenvalue weighted by atomic mass is 10.1. The summed E-state index contributed by atoms with van der Waals surface area (Å²) in [5, 5.41) is 7.94. The Kier molecular flexibility index (Phi) is 8.32. The minimum Gasteiger partial charge on any atom is -0.494 e. The standard InChI is InChI=1S/C22H29ClN6O4S/c1-6-7-11-19-26-27-22(29(19)20-17(32-4)9-8-10-18(20)33-5)28-34(30,31)15(3)14(2)21-24-12-16(23)13-25-21/h8-10,12-15H,6-7,11H2,1-5H3,(H,27,28). The molecule has 0 radical (unpaired) electrons. The molecule has 34 heavy (non-hydrogen) atoms. The molecule has 184 valence electrons. The molecular weight excluding hydrogens is 480 g/mol. The summed E-state index contributed by atoms with van der Waals surface area (Å²) in [6.07, 6.45) is 5.27. The Bertz CT molecular complexity index is 1190. The monoisotopic (exact) mass is 508 g/mol. The van der Waals surface area contributed by atoms with E-state index in [1.165, 1.54) is 26.6 Å². The normalized spacial score (nSPS) is 13.4. The van der Waals surface area contributed by atoms with Gasteiger partial charge in [-0.25, -0.2) is 18.4 Å². The minimum atomic E-state index is -3.92. The molecule has 2 unspecified atom stereocenters. The number of hydrogen-bond donors (Lipinski definition) is 1. The zero-order valence-corrected chi connectivity index (χ0v) is 21.4. The third-order valence-electron chi connectivity index (χ3n) is 5.58. The summed E-state index contributed by atoms with van der Waals surface area (Å²) in [6.45, 7) is 5.40. The fourth-order valence-electron chi connectivity index (χ4n) is 3.42. The molecule has 3 rings (SSSR count). The quantitative estimate of drug-likeness (QED) is 0.412. The van der Waals surface area contributed by atoms with Gasteiger partial charge in [0.2, 0.25) is 16.0 Å². The molecule has 0 amide bonds. The Morgan fingerprint density at radius 2 is 1.71 bits per heavy atom. The van der Waals surface area contributed by atoms with Gasteiger partial charge in [0.1, 0.15) is 28.8 Å². The Morgan fingerprint density at radius 1 is 1.09 bits per heavy atom. The van der Waals surface area contributed by atoms with E-state index in [0.29, 0.717) is 40.3 Å². The average molecular weight is 509 g/mol. The van der Waals surface area contributed by atoms with Crippen molar-refractivity contribution in [1.29, 1.82) is 0 Å². The second-order valence-electron chi connectivity index (χ2n) is 7.79. The molecule has 3 aromatic rings. The van der Waals surface area contributed by atoms with Gasteiger partial charge in [-0.2, -0.15) is 0 Å². The Balaban J connectivity index is 2.04. The van der Waals surface area contributed by atoms with Gasteiger partial charge in [-0.1, -0.05) is 37.9 Å². The topological polar surface area (TPSA) is 121 Å². The largest absolute Gasteiger partial charge is 0.494 e. The maximum atomic E-state index is 13.4. The van der Waals surface area contributed by atoms with E-state index >= 15 is 0 Å². The van der Waals surface area contributed by atoms with Crippen molar-refractivity contribution in [2.24, 2.45) is 0 Å². The molecule has 0 bridgehead atoms. The number of aromatic nitrogens is 5. The lowest BCUT2D eigenvalue weighted by Gasteiger charge is -2.21. The molecule has 0 fully saturated rings. The molecule has 2 heterocycles. The van der Waals surface area contributed by atoms with E-state index in [1.54, 1.807) is 36.6 Å². The molecule has 10 nitrogen and oxygen atoms in total. The highest BCUT2D eigenvalue weighted by Crippen LogP contribution is 2.36. The fourth-order valence-corrected chi connectivity index (χ4v) is 4.75. The van der Waals surface area contributed by atoms with Crippen LogP contribution < -0.4 is 14.2 Å². The molecule has 2 aromatic heterocycles. The lowest BCUT2D eigenvalue weighted by molar-refractivity contribution is 0.390. The van der Waals surface area contributed by atoms with Crippen molar-refractivity contribution < 1.29 is 17.9 Å². The van der Waals surface area contributed by atoms with Crippen LogP contribution >= 0.6 is 11.6 Å². The molecule has 0 aliphatic carbocycles. The molecule has 0 aliphatic rings. The zero-order chi connectivity index (χ0) is 24.9. The molecular formula is C22H29ClN6O4S. The molecule has 1 aromatic carbocycles. The summed E-state index contributed by atoms with van der Waals surface area (Å²) in [7, 11) is -0.844. The van der Waals surface area contributed by atoms with E-state index in [-0.39, 0.29) is 5.95 Å². The molecule has 2 atom stereocenters. The van der Waals surface area contributed by atoms with Crippen molar-refractivity contribution >= 4 is 27.6 Å². The van der Waals surface area contributed by atoms with E-state index in [9.17, 15) is 8.42 Å². The number of sulfonamides is 1. The highest BCUT2D eigenvalue weighted by atomic mass is 35.5. The van der Waals surface area contributed by atoms with E-state index in [1.807, 2.05) is 0 Å². The van der Waals surface area contributed by atoms with E-state index < -0.39 is 21.2 Å². The number of nitrogens with one attached hydrogen (secondary N) is 1. The first kappa shape index (κ1) is 25.7. The number of anilines is 1. The van der Waals surface area contributed by atoms with Crippen LogP contribution in [0, 0.1) is 0 Å². The summed E-state index contributed by atoms with van der Waals surface area (Å²) in [6, 6.07) is 5.32. The first-order valence-electron chi connectivity index (χ1n) is 10.9. The van der Waals surface area contributed by atoms with Crippen LogP contribution in [0.3, 0.4) is 0 Å². The van der Waals surface area contributed by atoms with Gasteiger partial charge in [0.05, 0.1) is 24.5 Å². The summed E-state index contributed by atoms with van der Waals surface area (Å²) in [4.78, 5) is 8.33. The number of rotatable bonds is 11. The summed E-state index contributed by atoms with van der Waals surface area (Å²) < 4.78 is 42.1. The maximum Gasteiger partial charge on any atom is 0.243 e.